The molecule has 100 valence electrons. The Morgan fingerprint density at radius 3 is 2.71 bits per heavy atom. The lowest BCUT2D eigenvalue weighted by atomic mass is 10.1. The van der Waals surface area contributed by atoms with Crippen LogP contribution in [0.3, 0.4) is 0 Å². The molecule has 2 atom stereocenters. The van der Waals surface area contributed by atoms with Gasteiger partial charge in [-0.15, -0.1) is 0 Å². The molecule has 5 heteroatoms. The average molecular weight is 243 g/mol. The Hall–Kier alpha value is -0.650. The molecule has 0 saturated carbocycles. The van der Waals surface area contributed by atoms with Crippen molar-refractivity contribution < 1.29 is 9.53 Å². The maximum absolute atomic E-state index is 11.9. The maximum atomic E-state index is 11.9. The van der Waals surface area contributed by atoms with E-state index in [0.29, 0.717) is 25.1 Å². The molecule has 1 heterocycles. The van der Waals surface area contributed by atoms with Crippen LogP contribution in [-0.4, -0.2) is 75.7 Å². The number of hydrogen-bond acceptors (Lipinski definition) is 4. The number of likely N-dealkylation sites (tertiary alicyclic amines) is 1. The van der Waals surface area contributed by atoms with E-state index in [1.165, 1.54) is 0 Å². The van der Waals surface area contributed by atoms with E-state index >= 15 is 0 Å². The van der Waals surface area contributed by atoms with Gasteiger partial charge in [-0.25, -0.2) is 0 Å². The Kier molecular flexibility index (Phi) is 5.88. The first-order chi connectivity index (χ1) is 8.06. The molecule has 0 aliphatic carbocycles. The molecule has 0 bridgehead atoms. The number of amides is 1. The summed E-state index contributed by atoms with van der Waals surface area (Å²) in [6.07, 6.45) is 0. The van der Waals surface area contributed by atoms with Crippen LogP contribution in [0, 0.1) is 5.92 Å². The molecular weight excluding hydrogens is 218 g/mol. The number of hydrogen-bond donors (Lipinski definition) is 1. The predicted octanol–water partition coefficient (Wildman–Crippen LogP) is -0.369. The van der Waals surface area contributed by atoms with Gasteiger partial charge in [0.2, 0.25) is 5.91 Å². The van der Waals surface area contributed by atoms with Crippen molar-refractivity contribution in [2.45, 2.75) is 13.0 Å². The van der Waals surface area contributed by atoms with E-state index < -0.39 is 0 Å². The Morgan fingerprint density at radius 2 is 2.18 bits per heavy atom. The molecule has 0 aromatic heterocycles. The highest BCUT2D eigenvalue weighted by molar-refractivity contribution is 5.78. The van der Waals surface area contributed by atoms with E-state index in [0.717, 1.165) is 19.6 Å². The second-order valence-electron chi connectivity index (χ2n) is 4.98. The third-order valence-corrected chi connectivity index (χ3v) is 3.35. The minimum absolute atomic E-state index is 0.192. The van der Waals surface area contributed by atoms with Crippen molar-refractivity contribution in [3.63, 3.8) is 0 Å². The number of ether oxygens (including phenoxy) is 1. The number of likely N-dealkylation sites (N-methyl/N-ethyl adjacent to an activating group) is 1. The molecule has 1 saturated heterocycles. The molecule has 2 unspecified atom stereocenters. The van der Waals surface area contributed by atoms with Gasteiger partial charge in [0.25, 0.3) is 0 Å². The number of methoxy groups -OCH3 is 1. The zero-order valence-electron chi connectivity index (χ0n) is 11.4. The molecule has 1 amide bonds. The summed E-state index contributed by atoms with van der Waals surface area (Å²) in [7, 11) is 5.81. The lowest BCUT2D eigenvalue weighted by Gasteiger charge is -2.22. The van der Waals surface area contributed by atoms with Gasteiger partial charge >= 0.3 is 0 Å². The summed E-state index contributed by atoms with van der Waals surface area (Å²) in [5, 5.41) is 3.09. The second-order valence-corrected chi connectivity index (χ2v) is 4.98. The second kappa shape index (κ2) is 6.93. The van der Waals surface area contributed by atoms with Gasteiger partial charge in [-0.2, -0.15) is 0 Å². The highest BCUT2D eigenvalue weighted by atomic mass is 16.5. The first kappa shape index (κ1) is 14.4. The fourth-order valence-corrected chi connectivity index (χ4v) is 2.31. The van der Waals surface area contributed by atoms with Crippen molar-refractivity contribution in [2.24, 2.45) is 5.92 Å². The molecule has 0 aromatic carbocycles. The van der Waals surface area contributed by atoms with Crippen LogP contribution in [0.25, 0.3) is 0 Å². The summed E-state index contributed by atoms with van der Waals surface area (Å²) < 4.78 is 4.92. The number of carbonyl (C=O) groups excluding carboxylic acids is 1. The fourth-order valence-electron chi connectivity index (χ4n) is 2.31. The Labute approximate surface area is 104 Å². The zero-order valence-corrected chi connectivity index (χ0v) is 11.4. The van der Waals surface area contributed by atoms with Crippen molar-refractivity contribution in [3.8, 4) is 0 Å². The molecule has 1 rings (SSSR count). The van der Waals surface area contributed by atoms with Gasteiger partial charge < -0.3 is 19.9 Å². The highest BCUT2D eigenvalue weighted by Gasteiger charge is 2.33. The Morgan fingerprint density at radius 1 is 1.47 bits per heavy atom. The Balaban J connectivity index is 2.29. The SMILES string of the molecule is COCCNCC(=O)N1CC(C)C(N(C)C)C1. The lowest BCUT2D eigenvalue weighted by Crippen LogP contribution is -2.39. The molecule has 5 nitrogen and oxygen atoms in total. The minimum Gasteiger partial charge on any atom is -0.383 e. The van der Waals surface area contributed by atoms with E-state index in [1.54, 1.807) is 7.11 Å². The van der Waals surface area contributed by atoms with E-state index in [4.69, 9.17) is 4.74 Å². The van der Waals surface area contributed by atoms with E-state index in [-0.39, 0.29) is 5.91 Å². The summed E-state index contributed by atoms with van der Waals surface area (Å²) in [6, 6.07) is 0.484. The zero-order chi connectivity index (χ0) is 12.8. The smallest absolute Gasteiger partial charge is 0.236 e. The molecule has 0 spiro atoms. The summed E-state index contributed by atoms with van der Waals surface area (Å²) >= 11 is 0. The van der Waals surface area contributed by atoms with Gasteiger partial charge in [0.15, 0.2) is 0 Å². The lowest BCUT2D eigenvalue weighted by molar-refractivity contribution is -0.129. The Bertz CT molecular complexity index is 246. The van der Waals surface area contributed by atoms with Crippen molar-refractivity contribution >= 4 is 5.91 Å². The first-order valence-electron chi connectivity index (χ1n) is 6.20. The first-order valence-corrected chi connectivity index (χ1v) is 6.20. The van der Waals surface area contributed by atoms with Crippen LogP contribution in [0.4, 0.5) is 0 Å². The van der Waals surface area contributed by atoms with Gasteiger partial charge in [0.1, 0.15) is 0 Å². The van der Waals surface area contributed by atoms with Gasteiger partial charge in [-0.05, 0) is 20.0 Å². The number of carbonyl (C=O) groups is 1. The molecule has 1 N–H and O–H groups in total. The van der Waals surface area contributed by atoms with Crippen LogP contribution < -0.4 is 5.32 Å². The monoisotopic (exact) mass is 243 g/mol. The molecular formula is C12H25N3O2. The van der Waals surface area contributed by atoms with Crippen molar-refractivity contribution in [1.82, 2.24) is 15.1 Å². The topological polar surface area (TPSA) is 44.8 Å². The van der Waals surface area contributed by atoms with Gasteiger partial charge in [-0.1, -0.05) is 6.92 Å². The molecule has 0 aromatic rings. The summed E-state index contributed by atoms with van der Waals surface area (Å²) in [6.45, 7) is 5.70. The molecule has 17 heavy (non-hydrogen) atoms. The molecule has 0 radical (unpaired) electrons. The van der Waals surface area contributed by atoms with Crippen molar-refractivity contribution in [2.75, 3.05) is 54.0 Å². The summed E-state index contributed by atoms with van der Waals surface area (Å²) in [5.74, 6) is 0.741. The standard InChI is InChI=1S/C12H25N3O2/c1-10-8-15(9-11(10)14(2)3)12(16)7-13-5-6-17-4/h10-11,13H,5-9H2,1-4H3. The van der Waals surface area contributed by atoms with E-state index in [2.05, 4.69) is 31.2 Å². The van der Waals surface area contributed by atoms with Crippen LogP contribution >= 0.6 is 0 Å². The summed E-state index contributed by atoms with van der Waals surface area (Å²) in [4.78, 5) is 16.1. The molecule has 1 aliphatic heterocycles. The van der Waals surface area contributed by atoms with Crippen molar-refractivity contribution in [3.05, 3.63) is 0 Å². The van der Waals surface area contributed by atoms with Crippen LogP contribution in [0.2, 0.25) is 0 Å². The normalized spacial score (nSPS) is 24.6. The van der Waals surface area contributed by atoms with Gasteiger partial charge in [-0.3, -0.25) is 4.79 Å². The van der Waals surface area contributed by atoms with E-state index in [1.807, 2.05) is 4.90 Å². The predicted molar refractivity (Wildman–Crippen MR) is 68.0 cm³/mol. The number of nitrogens with zero attached hydrogens (tertiary/aromatic N) is 2. The minimum atomic E-state index is 0.192. The molecule has 1 aliphatic rings. The van der Waals surface area contributed by atoms with E-state index in [9.17, 15) is 4.79 Å². The average Bonchev–Trinajstić information content (AvgIpc) is 2.66. The fraction of sp³-hybridized carbons (Fsp3) is 0.917. The third kappa shape index (κ3) is 4.26. The van der Waals surface area contributed by atoms with Crippen LogP contribution in [-0.2, 0) is 9.53 Å². The molecule has 1 fully saturated rings. The number of rotatable bonds is 6. The quantitative estimate of drug-likeness (QED) is 0.647. The highest BCUT2D eigenvalue weighted by Crippen LogP contribution is 2.19. The maximum Gasteiger partial charge on any atom is 0.236 e. The largest absolute Gasteiger partial charge is 0.383 e. The van der Waals surface area contributed by atoms with Gasteiger partial charge in [0, 0.05) is 32.8 Å². The van der Waals surface area contributed by atoms with Crippen LogP contribution in [0.15, 0.2) is 0 Å². The summed E-state index contributed by atoms with van der Waals surface area (Å²) in [5.41, 5.74) is 0. The van der Waals surface area contributed by atoms with Crippen LogP contribution in [0.1, 0.15) is 6.92 Å². The van der Waals surface area contributed by atoms with Gasteiger partial charge in [0.05, 0.1) is 13.2 Å². The number of nitrogens with one attached hydrogen (secondary N) is 1. The van der Waals surface area contributed by atoms with Crippen molar-refractivity contribution in [1.29, 1.82) is 0 Å². The van der Waals surface area contributed by atoms with Crippen LogP contribution in [0.5, 0.6) is 0 Å². The third-order valence-electron chi connectivity index (χ3n) is 3.35.